The highest BCUT2D eigenvalue weighted by molar-refractivity contribution is 5.94. The molecule has 5 nitrogen and oxygen atoms in total. The Labute approximate surface area is 198 Å². The van der Waals surface area contributed by atoms with Gasteiger partial charge in [-0.25, -0.2) is 0 Å². The Hall–Kier alpha value is -1.85. The molecule has 3 fully saturated rings. The summed E-state index contributed by atoms with van der Waals surface area (Å²) in [6, 6.07) is 7.24. The molecular formula is C28H41NO4. The number of carbonyl (C=O) groups is 1. The van der Waals surface area contributed by atoms with Gasteiger partial charge in [0.05, 0.1) is 13.2 Å². The summed E-state index contributed by atoms with van der Waals surface area (Å²) in [6.07, 6.45) is 6.47. The quantitative estimate of drug-likeness (QED) is 0.549. The van der Waals surface area contributed by atoms with E-state index in [2.05, 4.69) is 25.7 Å². The summed E-state index contributed by atoms with van der Waals surface area (Å²) in [5, 5.41) is 23.8. The van der Waals surface area contributed by atoms with Gasteiger partial charge in [-0.2, -0.15) is 0 Å². The van der Waals surface area contributed by atoms with Crippen LogP contribution in [0.4, 0.5) is 0 Å². The third-order valence-corrected chi connectivity index (χ3v) is 9.81. The molecule has 3 aliphatic carbocycles. The zero-order valence-corrected chi connectivity index (χ0v) is 20.5. The summed E-state index contributed by atoms with van der Waals surface area (Å²) in [6.45, 7) is 9.88. The summed E-state index contributed by atoms with van der Waals surface area (Å²) in [4.78, 5) is 13.0. The molecular weight excluding hydrogens is 414 g/mol. The van der Waals surface area contributed by atoms with E-state index < -0.39 is 0 Å². The number of fused-ring (bicyclic) bond motifs is 1. The Kier molecular flexibility index (Phi) is 6.93. The van der Waals surface area contributed by atoms with Crippen molar-refractivity contribution in [1.82, 2.24) is 5.32 Å². The van der Waals surface area contributed by atoms with Gasteiger partial charge in [0.2, 0.25) is 0 Å². The van der Waals surface area contributed by atoms with Gasteiger partial charge in [-0.3, -0.25) is 4.79 Å². The van der Waals surface area contributed by atoms with E-state index in [1.54, 1.807) is 19.2 Å². The number of carbonyl (C=O) groups excluding carboxylic acids is 1. The van der Waals surface area contributed by atoms with Crippen molar-refractivity contribution >= 4 is 5.91 Å². The molecule has 0 radical (unpaired) electrons. The number of hydrogen-bond donors (Lipinski definition) is 3. The van der Waals surface area contributed by atoms with Crippen molar-refractivity contribution in [3.63, 3.8) is 0 Å². The third-order valence-electron chi connectivity index (χ3n) is 9.81. The monoisotopic (exact) mass is 455 g/mol. The number of aliphatic hydroxyl groups is 2. The maximum Gasteiger partial charge on any atom is 0.251 e. The Morgan fingerprint density at radius 1 is 1.15 bits per heavy atom. The van der Waals surface area contributed by atoms with Gasteiger partial charge in [0.15, 0.2) is 0 Å². The molecule has 5 heteroatoms. The zero-order chi connectivity index (χ0) is 23.8. The molecule has 0 heterocycles. The molecule has 1 aromatic carbocycles. The second-order valence-corrected chi connectivity index (χ2v) is 11.2. The number of allylic oxidation sites excluding steroid dienone is 1. The van der Waals surface area contributed by atoms with Crippen LogP contribution >= 0.6 is 0 Å². The van der Waals surface area contributed by atoms with Crippen LogP contribution < -0.4 is 10.1 Å². The minimum absolute atomic E-state index is 0.0330. The van der Waals surface area contributed by atoms with Crippen LogP contribution in [-0.2, 0) is 0 Å². The number of nitrogens with one attached hydrogen (secondary N) is 1. The van der Waals surface area contributed by atoms with Gasteiger partial charge in [0.1, 0.15) is 5.75 Å². The molecule has 4 rings (SSSR count). The highest BCUT2D eigenvalue weighted by atomic mass is 16.5. The lowest BCUT2D eigenvalue weighted by Crippen LogP contribution is -2.53. The van der Waals surface area contributed by atoms with Gasteiger partial charge in [0, 0.05) is 18.7 Å². The third kappa shape index (κ3) is 4.35. The van der Waals surface area contributed by atoms with Gasteiger partial charge >= 0.3 is 0 Å². The molecule has 3 aliphatic rings. The van der Waals surface area contributed by atoms with Crippen LogP contribution in [0.5, 0.6) is 5.75 Å². The topological polar surface area (TPSA) is 78.8 Å². The Morgan fingerprint density at radius 2 is 1.88 bits per heavy atom. The number of aliphatic hydroxyl groups excluding tert-OH is 2. The average molecular weight is 456 g/mol. The van der Waals surface area contributed by atoms with Crippen molar-refractivity contribution in [3.05, 3.63) is 42.0 Å². The summed E-state index contributed by atoms with van der Waals surface area (Å²) >= 11 is 0. The van der Waals surface area contributed by atoms with E-state index in [0.29, 0.717) is 36.3 Å². The second-order valence-electron chi connectivity index (χ2n) is 11.2. The van der Waals surface area contributed by atoms with Crippen molar-refractivity contribution in [3.8, 4) is 5.75 Å². The summed E-state index contributed by atoms with van der Waals surface area (Å²) < 4.78 is 5.21. The maximum absolute atomic E-state index is 13.0. The van der Waals surface area contributed by atoms with Crippen LogP contribution in [0.15, 0.2) is 36.4 Å². The minimum atomic E-state index is -0.316. The number of ether oxygens (including phenoxy) is 1. The van der Waals surface area contributed by atoms with Gasteiger partial charge < -0.3 is 20.3 Å². The number of amides is 1. The molecule has 33 heavy (non-hydrogen) atoms. The lowest BCUT2D eigenvalue weighted by Gasteiger charge is -2.56. The Balaban J connectivity index is 1.58. The fourth-order valence-corrected chi connectivity index (χ4v) is 7.52. The van der Waals surface area contributed by atoms with E-state index in [0.717, 1.165) is 44.3 Å². The first-order valence-electron chi connectivity index (χ1n) is 12.6. The van der Waals surface area contributed by atoms with Crippen LogP contribution in [0.25, 0.3) is 0 Å². The van der Waals surface area contributed by atoms with Crippen LogP contribution in [0.3, 0.4) is 0 Å². The van der Waals surface area contributed by atoms with Crippen LogP contribution in [-0.4, -0.2) is 42.5 Å². The van der Waals surface area contributed by atoms with Gasteiger partial charge in [-0.1, -0.05) is 26.0 Å². The van der Waals surface area contributed by atoms with Crippen molar-refractivity contribution in [1.29, 1.82) is 0 Å². The standard InChI is InChI=1S/C28H41NO4/c1-18-5-10-24-23(16-29-26(32)19-6-8-22(33-4)9-7-19)25(12-14-27(18,24)2)28(3)13-11-21(31)15-20(28)17-30/h6-9,20-21,23-25,30-31H,1,5,10-17H2,2-4H3,(H,29,32)/t20-,21+,23+,24+,25+,27-,28+/m1/s1. The fraction of sp³-hybridized carbons (Fsp3) is 0.679. The van der Waals surface area contributed by atoms with Crippen molar-refractivity contribution < 1.29 is 19.7 Å². The van der Waals surface area contributed by atoms with E-state index in [-0.39, 0.29) is 35.4 Å². The van der Waals surface area contributed by atoms with E-state index >= 15 is 0 Å². The highest BCUT2D eigenvalue weighted by Gasteiger charge is 2.56. The lowest BCUT2D eigenvalue weighted by atomic mass is 9.49. The second kappa shape index (κ2) is 9.42. The summed E-state index contributed by atoms with van der Waals surface area (Å²) in [5.41, 5.74) is 2.10. The molecule has 182 valence electrons. The van der Waals surface area contributed by atoms with Crippen LogP contribution in [0.2, 0.25) is 0 Å². The Bertz CT molecular complexity index is 867. The molecule has 1 aromatic rings. The van der Waals surface area contributed by atoms with Gasteiger partial charge in [-0.05, 0) is 104 Å². The molecule has 0 unspecified atom stereocenters. The van der Waals surface area contributed by atoms with E-state index in [1.807, 2.05) is 12.1 Å². The van der Waals surface area contributed by atoms with Crippen molar-refractivity contribution in [2.45, 2.75) is 64.9 Å². The van der Waals surface area contributed by atoms with Crippen molar-refractivity contribution in [2.75, 3.05) is 20.3 Å². The summed E-state index contributed by atoms with van der Waals surface area (Å²) in [7, 11) is 1.62. The Morgan fingerprint density at radius 3 is 2.55 bits per heavy atom. The average Bonchev–Trinajstić information content (AvgIpc) is 3.13. The highest BCUT2D eigenvalue weighted by Crippen LogP contribution is 2.63. The number of rotatable bonds is 6. The molecule has 0 aromatic heterocycles. The van der Waals surface area contributed by atoms with Crippen LogP contribution in [0.1, 0.15) is 69.2 Å². The summed E-state index contributed by atoms with van der Waals surface area (Å²) in [5.74, 6) is 2.01. The SMILES string of the molecule is C=C1CC[C@H]2[C@H](CNC(=O)c3ccc(OC)cc3)[C@@H]([C@@]3(C)CC[C@H](O)C[C@@H]3CO)CC[C@]12C. The molecule has 0 saturated heterocycles. The first-order chi connectivity index (χ1) is 15.7. The molecule has 0 bridgehead atoms. The molecule has 0 spiro atoms. The number of benzene rings is 1. The number of methoxy groups -OCH3 is 1. The predicted octanol–water partition coefficient (Wildman–Crippen LogP) is 4.58. The van der Waals surface area contributed by atoms with Gasteiger partial charge in [-0.15, -0.1) is 0 Å². The first kappa shape index (κ1) is 24.3. The predicted molar refractivity (Wildman–Crippen MR) is 130 cm³/mol. The first-order valence-corrected chi connectivity index (χ1v) is 12.6. The fourth-order valence-electron chi connectivity index (χ4n) is 7.52. The van der Waals surface area contributed by atoms with Gasteiger partial charge in [0.25, 0.3) is 5.91 Å². The normalized spacial score (nSPS) is 38.6. The van der Waals surface area contributed by atoms with Crippen molar-refractivity contribution in [2.24, 2.45) is 34.5 Å². The van der Waals surface area contributed by atoms with E-state index in [4.69, 9.17) is 4.74 Å². The molecule has 0 aliphatic heterocycles. The largest absolute Gasteiger partial charge is 0.497 e. The molecule has 7 atom stereocenters. The molecule has 1 amide bonds. The van der Waals surface area contributed by atoms with E-state index in [9.17, 15) is 15.0 Å². The lowest BCUT2D eigenvalue weighted by molar-refractivity contribution is -0.0928. The minimum Gasteiger partial charge on any atom is -0.497 e. The number of hydrogen-bond acceptors (Lipinski definition) is 4. The zero-order valence-electron chi connectivity index (χ0n) is 20.5. The molecule has 3 saturated carbocycles. The molecule has 3 N–H and O–H groups in total. The van der Waals surface area contributed by atoms with E-state index in [1.165, 1.54) is 5.57 Å². The van der Waals surface area contributed by atoms with Crippen LogP contribution in [0, 0.1) is 34.5 Å². The smallest absolute Gasteiger partial charge is 0.251 e. The maximum atomic E-state index is 13.0.